The SMILES string of the molecule is COCC12CCCCN(C(=O)CCc3ccc(OC)c(OC)c3)CCOc3ccccc3C(=O)N(CC1)CC2. The zero-order chi connectivity index (χ0) is 27.7. The van der Waals surface area contributed by atoms with Gasteiger partial charge in [-0.25, -0.2) is 0 Å². The van der Waals surface area contributed by atoms with Crippen LogP contribution in [0, 0.1) is 5.41 Å². The summed E-state index contributed by atoms with van der Waals surface area (Å²) in [6.45, 7) is 3.63. The Morgan fingerprint density at radius 2 is 1.69 bits per heavy atom. The first-order valence-corrected chi connectivity index (χ1v) is 14.0. The fraction of sp³-hybridized carbons (Fsp3) is 0.548. The molecular weight excluding hydrogens is 496 g/mol. The molecule has 8 nitrogen and oxygen atoms in total. The van der Waals surface area contributed by atoms with Crippen molar-refractivity contribution in [2.75, 3.05) is 60.7 Å². The van der Waals surface area contributed by atoms with Crippen LogP contribution in [0.2, 0.25) is 0 Å². The predicted octanol–water partition coefficient (Wildman–Crippen LogP) is 4.60. The van der Waals surface area contributed by atoms with Crippen molar-refractivity contribution in [3.8, 4) is 17.2 Å². The number of piperidine rings is 1. The van der Waals surface area contributed by atoms with Crippen LogP contribution in [0.1, 0.15) is 54.4 Å². The van der Waals surface area contributed by atoms with E-state index >= 15 is 0 Å². The number of carbonyl (C=O) groups excluding carboxylic acids is 2. The van der Waals surface area contributed by atoms with Gasteiger partial charge in [0.1, 0.15) is 12.4 Å². The molecule has 2 bridgehead atoms. The lowest BCUT2D eigenvalue weighted by Crippen LogP contribution is -2.45. The molecule has 8 heteroatoms. The summed E-state index contributed by atoms with van der Waals surface area (Å²) in [6, 6.07) is 13.2. The molecule has 0 N–H and O–H groups in total. The average Bonchev–Trinajstić information content (AvgIpc) is 2.97. The van der Waals surface area contributed by atoms with E-state index in [0.717, 1.165) is 50.8 Å². The fourth-order valence-corrected chi connectivity index (χ4v) is 5.77. The molecule has 0 unspecified atom stereocenters. The van der Waals surface area contributed by atoms with Gasteiger partial charge in [-0.1, -0.05) is 24.6 Å². The van der Waals surface area contributed by atoms with Gasteiger partial charge < -0.3 is 28.7 Å². The van der Waals surface area contributed by atoms with E-state index in [1.807, 2.05) is 52.3 Å². The summed E-state index contributed by atoms with van der Waals surface area (Å²) in [5, 5.41) is 0. The van der Waals surface area contributed by atoms with Gasteiger partial charge >= 0.3 is 0 Å². The monoisotopic (exact) mass is 538 g/mol. The van der Waals surface area contributed by atoms with Crippen molar-refractivity contribution in [2.45, 2.75) is 44.9 Å². The summed E-state index contributed by atoms with van der Waals surface area (Å²) in [5.41, 5.74) is 1.68. The molecule has 0 saturated carbocycles. The molecule has 3 heterocycles. The van der Waals surface area contributed by atoms with Crippen LogP contribution in [-0.2, 0) is 16.0 Å². The van der Waals surface area contributed by atoms with Gasteiger partial charge in [-0.15, -0.1) is 0 Å². The van der Waals surface area contributed by atoms with E-state index in [4.69, 9.17) is 18.9 Å². The Balaban J connectivity index is 1.47. The van der Waals surface area contributed by atoms with Crippen LogP contribution in [0.25, 0.3) is 0 Å². The van der Waals surface area contributed by atoms with E-state index in [-0.39, 0.29) is 17.2 Å². The van der Waals surface area contributed by atoms with Gasteiger partial charge in [0.15, 0.2) is 11.5 Å². The molecular formula is C31H42N2O6. The molecule has 0 aliphatic carbocycles. The minimum Gasteiger partial charge on any atom is -0.493 e. The number of hydrogen-bond donors (Lipinski definition) is 0. The van der Waals surface area contributed by atoms with Crippen LogP contribution in [0.15, 0.2) is 42.5 Å². The first kappa shape index (κ1) is 28.7. The third kappa shape index (κ3) is 7.24. The van der Waals surface area contributed by atoms with Gasteiger partial charge in [0, 0.05) is 33.2 Å². The molecule has 0 spiro atoms. The second-order valence-corrected chi connectivity index (χ2v) is 10.6. The number of ether oxygens (including phenoxy) is 4. The van der Waals surface area contributed by atoms with E-state index in [9.17, 15) is 9.59 Å². The number of methoxy groups -OCH3 is 3. The normalized spacial score (nSPS) is 18.0. The Morgan fingerprint density at radius 1 is 0.923 bits per heavy atom. The summed E-state index contributed by atoms with van der Waals surface area (Å²) in [5.74, 6) is 2.01. The predicted molar refractivity (Wildman–Crippen MR) is 150 cm³/mol. The van der Waals surface area contributed by atoms with Crippen molar-refractivity contribution < 1.29 is 28.5 Å². The van der Waals surface area contributed by atoms with Gasteiger partial charge in [-0.3, -0.25) is 9.59 Å². The number of amides is 2. The van der Waals surface area contributed by atoms with E-state index in [1.54, 1.807) is 21.3 Å². The van der Waals surface area contributed by atoms with Crippen molar-refractivity contribution >= 4 is 11.8 Å². The van der Waals surface area contributed by atoms with E-state index in [2.05, 4.69) is 0 Å². The highest BCUT2D eigenvalue weighted by Crippen LogP contribution is 2.38. The van der Waals surface area contributed by atoms with Crippen LogP contribution >= 0.6 is 0 Å². The Bertz CT molecular complexity index is 1110. The van der Waals surface area contributed by atoms with Crippen LogP contribution in [0.4, 0.5) is 0 Å². The molecule has 0 aromatic heterocycles. The second-order valence-electron chi connectivity index (χ2n) is 10.6. The van der Waals surface area contributed by atoms with E-state index < -0.39 is 0 Å². The van der Waals surface area contributed by atoms with Crippen molar-refractivity contribution in [1.29, 1.82) is 0 Å². The Hall–Kier alpha value is -3.26. The molecule has 1 fully saturated rings. The molecule has 212 valence electrons. The smallest absolute Gasteiger partial charge is 0.257 e. The third-order valence-electron chi connectivity index (χ3n) is 8.11. The van der Waals surface area contributed by atoms with Crippen molar-refractivity contribution in [1.82, 2.24) is 9.80 Å². The van der Waals surface area contributed by atoms with E-state index in [1.165, 1.54) is 0 Å². The van der Waals surface area contributed by atoms with Gasteiger partial charge in [0.25, 0.3) is 5.91 Å². The Kier molecular flexibility index (Phi) is 10.1. The maximum Gasteiger partial charge on any atom is 0.257 e. The molecule has 0 atom stereocenters. The first-order chi connectivity index (χ1) is 19.0. The number of para-hydroxylation sites is 1. The van der Waals surface area contributed by atoms with Gasteiger partial charge in [-0.2, -0.15) is 0 Å². The highest BCUT2D eigenvalue weighted by atomic mass is 16.5. The zero-order valence-corrected chi connectivity index (χ0v) is 23.6. The summed E-state index contributed by atoms with van der Waals surface area (Å²) in [4.78, 5) is 30.6. The summed E-state index contributed by atoms with van der Waals surface area (Å²) >= 11 is 0. The number of carbonyl (C=O) groups is 2. The lowest BCUT2D eigenvalue weighted by molar-refractivity contribution is -0.131. The summed E-state index contributed by atoms with van der Waals surface area (Å²) < 4.78 is 22.5. The largest absolute Gasteiger partial charge is 0.493 e. The zero-order valence-electron chi connectivity index (χ0n) is 23.6. The minimum absolute atomic E-state index is 0.00865. The number of benzene rings is 2. The summed E-state index contributed by atoms with van der Waals surface area (Å²) in [7, 11) is 4.98. The van der Waals surface area contributed by atoms with Gasteiger partial charge in [0.05, 0.1) is 32.9 Å². The number of fused-ring (bicyclic) bond motifs is 9. The van der Waals surface area contributed by atoms with Crippen molar-refractivity contribution in [3.05, 3.63) is 53.6 Å². The molecule has 3 aliphatic rings. The number of hydrogen-bond acceptors (Lipinski definition) is 6. The number of aryl methyl sites for hydroxylation is 1. The first-order valence-electron chi connectivity index (χ1n) is 14.0. The van der Waals surface area contributed by atoms with E-state index in [0.29, 0.717) is 62.0 Å². The molecule has 39 heavy (non-hydrogen) atoms. The average molecular weight is 539 g/mol. The quantitative estimate of drug-likeness (QED) is 0.513. The lowest BCUT2D eigenvalue weighted by atomic mass is 9.75. The standard InChI is InChI=1S/C31H42N2O6/c1-36-23-31-14-6-7-17-32(29(34)13-11-24-10-12-27(37-2)28(22-24)38-3)20-21-39-26-9-5-4-8-25(26)30(35)33(18-15-31)19-16-31/h4-5,8-10,12,22H,6-7,11,13-21,23H2,1-3H3. The maximum atomic E-state index is 13.4. The second kappa shape index (κ2) is 13.7. The molecule has 3 aliphatic heterocycles. The number of rotatable bonds is 7. The maximum absolute atomic E-state index is 13.4. The third-order valence-corrected chi connectivity index (χ3v) is 8.11. The topological polar surface area (TPSA) is 77.5 Å². The Labute approximate surface area is 232 Å². The molecule has 0 radical (unpaired) electrons. The number of nitrogens with zero attached hydrogens (tertiary/aromatic N) is 2. The minimum atomic E-state index is 0.00865. The van der Waals surface area contributed by atoms with Crippen LogP contribution in [-0.4, -0.2) is 82.3 Å². The van der Waals surface area contributed by atoms with Crippen molar-refractivity contribution in [2.24, 2.45) is 5.41 Å². The van der Waals surface area contributed by atoms with Gasteiger partial charge in [-0.05, 0) is 67.3 Å². The van der Waals surface area contributed by atoms with Crippen LogP contribution < -0.4 is 14.2 Å². The highest BCUT2D eigenvalue weighted by Gasteiger charge is 2.36. The highest BCUT2D eigenvalue weighted by molar-refractivity contribution is 5.97. The molecule has 5 rings (SSSR count). The Morgan fingerprint density at radius 3 is 2.44 bits per heavy atom. The molecule has 2 aromatic carbocycles. The molecule has 1 saturated heterocycles. The fourth-order valence-electron chi connectivity index (χ4n) is 5.77. The van der Waals surface area contributed by atoms with Crippen LogP contribution in [0.3, 0.4) is 0 Å². The molecule has 2 amide bonds. The lowest BCUT2D eigenvalue weighted by Gasteiger charge is -2.41. The van der Waals surface area contributed by atoms with Crippen molar-refractivity contribution in [3.63, 3.8) is 0 Å². The molecule has 2 aromatic rings. The van der Waals surface area contributed by atoms with Gasteiger partial charge in [0.2, 0.25) is 5.91 Å². The van der Waals surface area contributed by atoms with Crippen LogP contribution in [0.5, 0.6) is 17.2 Å². The summed E-state index contributed by atoms with van der Waals surface area (Å²) in [6.07, 6.45) is 5.81.